The second-order valence-corrected chi connectivity index (χ2v) is 14.1. The Kier molecular flexibility index (Phi) is 6.53. The molecular formula is C48H33N3. The zero-order valence-corrected chi connectivity index (χ0v) is 28.4. The maximum atomic E-state index is 5.14. The number of nitrogens with zero attached hydrogens (tertiary/aromatic N) is 3. The fraction of sp³-hybridized carbons (Fsp3) is 0.0625. The van der Waals surface area contributed by atoms with Gasteiger partial charge in [-0.1, -0.05) is 135 Å². The van der Waals surface area contributed by atoms with Gasteiger partial charge < -0.3 is 0 Å². The highest BCUT2D eigenvalue weighted by atomic mass is 14.7. The Labute approximate surface area is 297 Å². The molecular weight excluding hydrogens is 619 g/mol. The fourth-order valence-electron chi connectivity index (χ4n) is 8.21. The van der Waals surface area contributed by atoms with Crippen LogP contribution < -0.4 is 0 Å². The highest BCUT2D eigenvalue weighted by Crippen LogP contribution is 2.50. The minimum atomic E-state index is -0.0933. The second kappa shape index (κ2) is 11.3. The van der Waals surface area contributed by atoms with E-state index in [2.05, 4.69) is 158 Å². The summed E-state index contributed by atoms with van der Waals surface area (Å²) < 4.78 is 0. The fourth-order valence-corrected chi connectivity index (χ4v) is 8.21. The van der Waals surface area contributed by atoms with Crippen molar-refractivity contribution in [1.29, 1.82) is 0 Å². The van der Waals surface area contributed by atoms with Crippen molar-refractivity contribution in [1.82, 2.24) is 15.0 Å². The summed E-state index contributed by atoms with van der Waals surface area (Å²) in [7, 11) is 0. The average Bonchev–Trinajstić information content (AvgIpc) is 3.42. The molecule has 3 nitrogen and oxygen atoms in total. The van der Waals surface area contributed by atoms with E-state index in [4.69, 9.17) is 9.97 Å². The minimum absolute atomic E-state index is 0.0933. The SMILES string of the molecule is CC1(C)c2ccccc2-c2ccc(-c3ccc(-c4ncc(-c5ccccc5)c5ccccc45)cc3-c3cnc4c(ccc5cccnc54)c3)cc21. The molecule has 0 aliphatic heterocycles. The number of pyridine rings is 3. The molecule has 0 saturated heterocycles. The molecule has 6 aromatic carbocycles. The molecule has 10 rings (SSSR count). The number of benzene rings is 6. The highest BCUT2D eigenvalue weighted by molar-refractivity contribution is 6.06. The summed E-state index contributed by atoms with van der Waals surface area (Å²) in [6.07, 6.45) is 5.87. The zero-order valence-electron chi connectivity index (χ0n) is 28.4. The molecule has 0 amide bonds. The van der Waals surface area contributed by atoms with E-state index in [0.717, 1.165) is 60.7 Å². The summed E-state index contributed by atoms with van der Waals surface area (Å²) in [5.41, 5.74) is 16.0. The van der Waals surface area contributed by atoms with Gasteiger partial charge in [-0.05, 0) is 74.2 Å². The third-order valence-corrected chi connectivity index (χ3v) is 10.8. The van der Waals surface area contributed by atoms with E-state index < -0.39 is 0 Å². The van der Waals surface area contributed by atoms with Crippen LogP contribution in [0.15, 0.2) is 164 Å². The lowest BCUT2D eigenvalue weighted by Gasteiger charge is -2.22. The second-order valence-electron chi connectivity index (χ2n) is 14.1. The van der Waals surface area contributed by atoms with Crippen molar-refractivity contribution in [2.75, 3.05) is 0 Å². The quantitative estimate of drug-likeness (QED) is 0.178. The molecule has 0 bridgehead atoms. The summed E-state index contributed by atoms with van der Waals surface area (Å²) in [6.45, 7) is 4.68. The monoisotopic (exact) mass is 651 g/mol. The van der Waals surface area contributed by atoms with Crippen molar-refractivity contribution in [3.05, 3.63) is 175 Å². The van der Waals surface area contributed by atoms with E-state index in [-0.39, 0.29) is 5.41 Å². The predicted octanol–water partition coefficient (Wildman–Crippen LogP) is 12.3. The van der Waals surface area contributed by atoms with Crippen LogP contribution in [0, 0.1) is 0 Å². The Hall–Kier alpha value is -6.45. The first-order chi connectivity index (χ1) is 25.0. The highest BCUT2D eigenvalue weighted by Gasteiger charge is 2.35. The van der Waals surface area contributed by atoms with Gasteiger partial charge in [0.25, 0.3) is 0 Å². The Morgan fingerprint density at radius 2 is 1.12 bits per heavy atom. The average molecular weight is 652 g/mol. The molecule has 1 aliphatic rings. The number of rotatable bonds is 4. The molecule has 0 N–H and O–H groups in total. The Bertz CT molecular complexity index is 2830. The van der Waals surface area contributed by atoms with E-state index in [1.807, 2.05) is 24.7 Å². The van der Waals surface area contributed by atoms with E-state index in [9.17, 15) is 0 Å². The van der Waals surface area contributed by atoms with Crippen molar-refractivity contribution in [3.63, 3.8) is 0 Å². The van der Waals surface area contributed by atoms with Crippen molar-refractivity contribution in [2.45, 2.75) is 19.3 Å². The maximum Gasteiger partial charge on any atom is 0.0964 e. The predicted molar refractivity (Wildman–Crippen MR) is 212 cm³/mol. The molecule has 0 unspecified atom stereocenters. The van der Waals surface area contributed by atoms with E-state index in [1.165, 1.54) is 38.8 Å². The Morgan fingerprint density at radius 1 is 0.392 bits per heavy atom. The molecule has 3 heterocycles. The van der Waals surface area contributed by atoms with Crippen LogP contribution in [0.25, 0.3) is 88.3 Å². The van der Waals surface area contributed by atoms with Crippen LogP contribution in [0.4, 0.5) is 0 Å². The lowest BCUT2D eigenvalue weighted by Crippen LogP contribution is -2.14. The molecule has 51 heavy (non-hydrogen) atoms. The van der Waals surface area contributed by atoms with Crippen LogP contribution >= 0.6 is 0 Å². The summed E-state index contributed by atoms with van der Waals surface area (Å²) >= 11 is 0. The lowest BCUT2D eigenvalue weighted by atomic mass is 9.81. The first-order valence-electron chi connectivity index (χ1n) is 17.5. The molecule has 0 radical (unpaired) electrons. The summed E-state index contributed by atoms with van der Waals surface area (Å²) in [5, 5.41) is 4.47. The molecule has 0 atom stereocenters. The van der Waals surface area contributed by atoms with Gasteiger partial charge in [-0.15, -0.1) is 0 Å². The first-order valence-corrected chi connectivity index (χ1v) is 17.5. The molecule has 3 aromatic heterocycles. The van der Waals surface area contributed by atoms with Crippen molar-refractivity contribution in [2.24, 2.45) is 0 Å². The molecule has 0 spiro atoms. The van der Waals surface area contributed by atoms with Crippen molar-refractivity contribution < 1.29 is 0 Å². The van der Waals surface area contributed by atoms with Crippen molar-refractivity contribution in [3.8, 4) is 55.8 Å². The van der Waals surface area contributed by atoms with E-state index in [0.29, 0.717) is 0 Å². The number of aromatic nitrogens is 3. The van der Waals surface area contributed by atoms with Gasteiger partial charge in [0.2, 0.25) is 0 Å². The normalized spacial score (nSPS) is 13.1. The number of hydrogen-bond donors (Lipinski definition) is 0. The molecule has 1 aliphatic carbocycles. The minimum Gasteiger partial charge on any atom is -0.255 e. The van der Waals surface area contributed by atoms with Crippen LogP contribution in [-0.4, -0.2) is 15.0 Å². The van der Waals surface area contributed by atoms with Gasteiger partial charge in [-0.2, -0.15) is 0 Å². The van der Waals surface area contributed by atoms with Gasteiger partial charge in [0.1, 0.15) is 0 Å². The van der Waals surface area contributed by atoms with Crippen LogP contribution in [0.3, 0.4) is 0 Å². The Balaban J connectivity index is 1.19. The van der Waals surface area contributed by atoms with E-state index >= 15 is 0 Å². The Morgan fingerprint density at radius 3 is 2.02 bits per heavy atom. The summed E-state index contributed by atoms with van der Waals surface area (Å²) in [5.74, 6) is 0. The molecule has 9 aromatic rings. The third-order valence-electron chi connectivity index (χ3n) is 10.8. The molecule has 240 valence electrons. The van der Waals surface area contributed by atoms with Crippen LogP contribution in [0.2, 0.25) is 0 Å². The third kappa shape index (κ3) is 4.62. The largest absolute Gasteiger partial charge is 0.255 e. The van der Waals surface area contributed by atoms with E-state index in [1.54, 1.807) is 0 Å². The van der Waals surface area contributed by atoms with Crippen LogP contribution in [-0.2, 0) is 5.41 Å². The van der Waals surface area contributed by atoms with Gasteiger partial charge in [-0.3, -0.25) is 15.0 Å². The van der Waals surface area contributed by atoms with Gasteiger partial charge in [-0.25, -0.2) is 0 Å². The molecule has 0 fully saturated rings. The first kappa shape index (κ1) is 29.5. The lowest BCUT2D eigenvalue weighted by molar-refractivity contribution is 0.660. The maximum absolute atomic E-state index is 5.14. The van der Waals surface area contributed by atoms with Crippen LogP contribution in [0.5, 0.6) is 0 Å². The van der Waals surface area contributed by atoms with Gasteiger partial charge in [0.15, 0.2) is 0 Å². The van der Waals surface area contributed by atoms with Crippen molar-refractivity contribution >= 4 is 32.6 Å². The van der Waals surface area contributed by atoms with Gasteiger partial charge in [0, 0.05) is 56.9 Å². The zero-order chi connectivity index (χ0) is 34.1. The van der Waals surface area contributed by atoms with Crippen LogP contribution in [0.1, 0.15) is 25.0 Å². The van der Waals surface area contributed by atoms with Gasteiger partial charge >= 0.3 is 0 Å². The summed E-state index contributed by atoms with van der Waals surface area (Å²) in [6, 6.07) is 52.4. The molecule has 0 saturated carbocycles. The van der Waals surface area contributed by atoms with Gasteiger partial charge in [0.05, 0.1) is 16.7 Å². The topological polar surface area (TPSA) is 38.7 Å². The smallest absolute Gasteiger partial charge is 0.0964 e. The standard InChI is InChI=1S/C48H33N3/c1-48(2)43-17-9-8-15-38(43)39-23-20-32(27-44(39)48)36-22-21-34(45-40-16-7-6-14-37(40)42(29-51-45)30-11-4-3-5-12-30)26-41(36)35-25-33-19-18-31-13-10-24-49-46(31)47(33)50-28-35/h3-29H,1-2H3. The summed E-state index contributed by atoms with van der Waals surface area (Å²) in [4.78, 5) is 14.9. The molecule has 3 heteroatoms. The number of fused-ring (bicyclic) bond motifs is 7. The number of hydrogen-bond acceptors (Lipinski definition) is 3.